The summed E-state index contributed by atoms with van der Waals surface area (Å²) in [6.07, 6.45) is 0. The summed E-state index contributed by atoms with van der Waals surface area (Å²) in [5, 5.41) is 0. The topological polar surface area (TPSA) is 29.5 Å². The minimum Gasteiger partial charge on any atom is -0.383 e. The van der Waals surface area contributed by atoms with E-state index in [1.807, 2.05) is 31.2 Å². The van der Waals surface area contributed by atoms with E-state index in [9.17, 15) is 4.79 Å². The van der Waals surface area contributed by atoms with E-state index in [0.29, 0.717) is 12.2 Å². The molecule has 0 bridgehead atoms. The molecular weight excluding hydrogens is 270 g/mol. The zero-order valence-electron chi connectivity index (χ0n) is 9.74. The molecule has 0 aliphatic carbocycles. The second-order valence-corrected chi connectivity index (χ2v) is 4.64. The van der Waals surface area contributed by atoms with Crippen LogP contribution in [0.25, 0.3) is 0 Å². The fourth-order valence-corrected chi connectivity index (χ4v) is 1.61. The molecule has 0 N–H and O–H groups in total. The maximum Gasteiger partial charge on any atom is 0.253 e. The van der Waals surface area contributed by atoms with Gasteiger partial charge >= 0.3 is 0 Å². The van der Waals surface area contributed by atoms with E-state index >= 15 is 0 Å². The molecule has 4 heteroatoms. The summed E-state index contributed by atoms with van der Waals surface area (Å²) < 4.78 is 6.00. The van der Waals surface area contributed by atoms with Crippen molar-refractivity contribution in [1.82, 2.24) is 4.90 Å². The number of likely N-dealkylation sites (N-methyl/N-ethyl adjacent to an activating group) is 1. The van der Waals surface area contributed by atoms with Crippen molar-refractivity contribution in [3.05, 3.63) is 34.3 Å². The van der Waals surface area contributed by atoms with E-state index in [1.54, 1.807) is 19.1 Å². The van der Waals surface area contributed by atoms with Gasteiger partial charge in [0.05, 0.1) is 12.6 Å². The van der Waals surface area contributed by atoms with Crippen molar-refractivity contribution in [2.45, 2.75) is 13.0 Å². The second kappa shape index (κ2) is 6.01. The number of methoxy groups -OCH3 is 1. The number of amides is 1. The van der Waals surface area contributed by atoms with Gasteiger partial charge in [-0.15, -0.1) is 0 Å². The Morgan fingerprint density at radius 1 is 1.44 bits per heavy atom. The van der Waals surface area contributed by atoms with Gasteiger partial charge in [-0.25, -0.2) is 0 Å². The molecule has 3 nitrogen and oxygen atoms in total. The van der Waals surface area contributed by atoms with Crippen LogP contribution < -0.4 is 0 Å². The maximum atomic E-state index is 12.0. The van der Waals surface area contributed by atoms with Crippen molar-refractivity contribution in [3.8, 4) is 0 Å². The third-order valence-corrected chi connectivity index (χ3v) is 3.01. The molecule has 0 spiro atoms. The number of rotatable bonds is 4. The van der Waals surface area contributed by atoms with Crippen LogP contribution in [0, 0.1) is 0 Å². The summed E-state index contributed by atoms with van der Waals surface area (Å²) in [5.41, 5.74) is 0.689. The van der Waals surface area contributed by atoms with Crippen LogP contribution in [-0.2, 0) is 4.74 Å². The molecule has 0 saturated carbocycles. The van der Waals surface area contributed by atoms with Crippen molar-refractivity contribution < 1.29 is 9.53 Å². The van der Waals surface area contributed by atoms with Crippen LogP contribution in [0.15, 0.2) is 28.7 Å². The molecule has 0 aliphatic rings. The van der Waals surface area contributed by atoms with Crippen molar-refractivity contribution in [2.75, 3.05) is 20.8 Å². The molecular formula is C12H16BrNO2. The Kier molecular flexibility index (Phi) is 4.96. The first-order chi connectivity index (χ1) is 7.56. The first-order valence-electron chi connectivity index (χ1n) is 5.08. The van der Waals surface area contributed by atoms with Gasteiger partial charge < -0.3 is 9.64 Å². The highest BCUT2D eigenvalue weighted by atomic mass is 79.9. The Hall–Kier alpha value is -0.870. The van der Waals surface area contributed by atoms with Crippen molar-refractivity contribution in [2.24, 2.45) is 0 Å². The Morgan fingerprint density at radius 2 is 2.00 bits per heavy atom. The van der Waals surface area contributed by atoms with Crippen LogP contribution in [0.1, 0.15) is 17.3 Å². The van der Waals surface area contributed by atoms with Gasteiger partial charge in [-0.3, -0.25) is 4.79 Å². The summed E-state index contributed by atoms with van der Waals surface area (Å²) in [6.45, 7) is 2.50. The highest BCUT2D eigenvalue weighted by Gasteiger charge is 2.16. The van der Waals surface area contributed by atoms with E-state index in [0.717, 1.165) is 4.47 Å². The highest BCUT2D eigenvalue weighted by molar-refractivity contribution is 9.10. The van der Waals surface area contributed by atoms with Gasteiger partial charge in [0, 0.05) is 24.2 Å². The quantitative estimate of drug-likeness (QED) is 0.851. The molecule has 1 rings (SSSR count). The number of hydrogen-bond acceptors (Lipinski definition) is 2. The van der Waals surface area contributed by atoms with Crippen LogP contribution in [-0.4, -0.2) is 37.6 Å². The van der Waals surface area contributed by atoms with Gasteiger partial charge in [0.1, 0.15) is 0 Å². The Balaban J connectivity index is 2.73. The summed E-state index contributed by atoms with van der Waals surface area (Å²) in [6, 6.07) is 7.41. The number of halogens is 1. The number of carbonyl (C=O) groups excluding carboxylic acids is 1. The molecule has 0 aromatic heterocycles. The Bertz CT molecular complexity index is 351. The summed E-state index contributed by atoms with van der Waals surface area (Å²) in [7, 11) is 3.42. The van der Waals surface area contributed by atoms with Gasteiger partial charge in [0.25, 0.3) is 5.91 Å². The lowest BCUT2D eigenvalue weighted by Gasteiger charge is -2.24. The van der Waals surface area contributed by atoms with E-state index in [4.69, 9.17) is 4.74 Å². The average Bonchev–Trinajstić information content (AvgIpc) is 2.28. The summed E-state index contributed by atoms with van der Waals surface area (Å²) in [4.78, 5) is 13.7. The molecule has 1 amide bonds. The SMILES string of the molecule is COCC(C)N(C)C(=O)c1ccc(Br)cc1. The third kappa shape index (κ3) is 3.32. The largest absolute Gasteiger partial charge is 0.383 e. The smallest absolute Gasteiger partial charge is 0.253 e. The van der Waals surface area contributed by atoms with E-state index in [1.165, 1.54) is 0 Å². The summed E-state index contributed by atoms with van der Waals surface area (Å²) >= 11 is 3.34. The fraction of sp³-hybridized carbons (Fsp3) is 0.417. The highest BCUT2D eigenvalue weighted by Crippen LogP contribution is 2.12. The lowest BCUT2D eigenvalue weighted by atomic mass is 10.2. The van der Waals surface area contributed by atoms with Crippen LogP contribution in [0.2, 0.25) is 0 Å². The lowest BCUT2D eigenvalue weighted by molar-refractivity contribution is 0.0633. The normalized spacial score (nSPS) is 12.2. The molecule has 16 heavy (non-hydrogen) atoms. The zero-order chi connectivity index (χ0) is 12.1. The van der Waals surface area contributed by atoms with Gasteiger partial charge in [0.15, 0.2) is 0 Å². The molecule has 0 heterocycles. The Labute approximate surface area is 105 Å². The van der Waals surface area contributed by atoms with E-state index in [2.05, 4.69) is 15.9 Å². The van der Waals surface area contributed by atoms with Gasteiger partial charge in [-0.2, -0.15) is 0 Å². The van der Waals surface area contributed by atoms with Crippen molar-refractivity contribution >= 4 is 21.8 Å². The predicted octanol–water partition coefficient (Wildman–Crippen LogP) is 2.56. The van der Waals surface area contributed by atoms with Crippen LogP contribution >= 0.6 is 15.9 Å². The summed E-state index contributed by atoms with van der Waals surface area (Å²) in [5.74, 6) is 0.0112. The maximum absolute atomic E-state index is 12.0. The van der Waals surface area contributed by atoms with Crippen LogP contribution in [0.5, 0.6) is 0 Å². The average molecular weight is 286 g/mol. The van der Waals surface area contributed by atoms with Crippen molar-refractivity contribution in [1.29, 1.82) is 0 Å². The van der Waals surface area contributed by atoms with Gasteiger partial charge in [0.2, 0.25) is 0 Å². The molecule has 1 unspecified atom stereocenters. The standard InChI is InChI=1S/C12H16BrNO2/c1-9(8-16-3)14(2)12(15)10-4-6-11(13)7-5-10/h4-7,9H,8H2,1-3H3. The molecule has 0 aliphatic heterocycles. The number of hydrogen-bond donors (Lipinski definition) is 0. The number of ether oxygens (including phenoxy) is 1. The monoisotopic (exact) mass is 285 g/mol. The molecule has 0 saturated heterocycles. The fourth-order valence-electron chi connectivity index (χ4n) is 1.35. The molecule has 1 aromatic rings. The molecule has 88 valence electrons. The molecule has 1 atom stereocenters. The molecule has 0 fully saturated rings. The Morgan fingerprint density at radius 3 is 2.50 bits per heavy atom. The van der Waals surface area contributed by atoms with Crippen molar-refractivity contribution in [3.63, 3.8) is 0 Å². The minimum atomic E-state index is 0.0112. The predicted molar refractivity (Wildman–Crippen MR) is 67.6 cm³/mol. The first kappa shape index (κ1) is 13.2. The first-order valence-corrected chi connectivity index (χ1v) is 5.87. The number of benzene rings is 1. The van der Waals surface area contributed by atoms with E-state index in [-0.39, 0.29) is 11.9 Å². The van der Waals surface area contributed by atoms with E-state index < -0.39 is 0 Å². The lowest BCUT2D eigenvalue weighted by Crippen LogP contribution is -2.37. The molecule has 0 radical (unpaired) electrons. The number of carbonyl (C=O) groups is 1. The molecule has 1 aromatic carbocycles. The van der Waals surface area contributed by atoms with Crippen LogP contribution in [0.3, 0.4) is 0 Å². The van der Waals surface area contributed by atoms with Gasteiger partial charge in [-0.05, 0) is 31.2 Å². The number of nitrogens with zero attached hydrogens (tertiary/aromatic N) is 1. The van der Waals surface area contributed by atoms with Crippen LogP contribution in [0.4, 0.5) is 0 Å². The zero-order valence-corrected chi connectivity index (χ0v) is 11.3. The minimum absolute atomic E-state index is 0.0112. The van der Waals surface area contributed by atoms with Gasteiger partial charge in [-0.1, -0.05) is 15.9 Å². The second-order valence-electron chi connectivity index (χ2n) is 3.73. The third-order valence-electron chi connectivity index (χ3n) is 2.48.